The summed E-state index contributed by atoms with van der Waals surface area (Å²) in [5.41, 5.74) is 9.96. The minimum atomic E-state index is -1.79. The van der Waals surface area contributed by atoms with E-state index >= 15 is 0 Å². The molecule has 3 aromatic rings. The van der Waals surface area contributed by atoms with Gasteiger partial charge in [-0.05, 0) is 51.3 Å². The number of benzene rings is 3. The van der Waals surface area contributed by atoms with Gasteiger partial charge in [0.25, 0.3) is 0 Å². The first-order valence-electron chi connectivity index (χ1n) is 15.1. The largest absolute Gasteiger partial charge is 3.00 e. The molecular formula is C39H55LuN2OSi. The summed E-state index contributed by atoms with van der Waals surface area (Å²) >= 11 is 0. The molecule has 1 aliphatic carbocycles. The Labute approximate surface area is 300 Å². The van der Waals surface area contributed by atoms with Crippen molar-refractivity contribution in [3.05, 3.63) is 119 Å². The van der Waals surface area contributed by atoms with E-state index in [4.69, 9.17) is 4.74 Å². The molecule has 0 saturated carbocycles. The summed E-state index contributed by atoms with van der Waals surface area (Å²) in [6.45, 7) is 26.1. The second-order valence-electron chi connectivity index (χ2n) is 13.5. The van der Waals surface area contributed by atoms with Crippen molar-refractivity contribution >= 4 is 24.6 Å². The van der Waals surface area contributed by atoms with Crippen molar-refractivity contribution < 1.29 is 41.6 Å². The summed E-state index contributed by atoms with van der Waals surface area (Å²) in [5, 5.41) is 3.02. The quantitative estimate of drug-likeness (QED) is 0.190. The second-order valence-corrected chi connectivity index (χ2v) is 17.9. The van der Waals surface area contributed by atoms with Crippen molar-refractivity contribution in [2.45, 2.75) is 66.5 Å². The Hall–Kier alpha value is -2.27. The van der Waals surface area contributed by atoms with Gasteiger partial charge in [-0.15, -0.1) is 12.1 Å². The topological polar surface area (TPSA) is 15.7 Å². The second kappa shape index (κ2) is 16.9. The maximum atomic E-state index is 5.95. The molecule has 0 heterocycles. The van der Waals surface area contributed by atoms with Gasteiger partial charge in [0.05, 0.1) is 7.11 Å². The Bertz CT molecular complexity index is 1400. The number of para-hydroxylation sites is 2. The van der Waals surface area contributed by atoms with Crippen LogP contribution in [0.25, 0.3) is 0 Å². The maximum absolute atomic E-state index is 5.95. The number of hydrogen-bond acceptors (Lipinski definition) is 3. The monoisotopic (exact) mass is 770 g/mol. The molecule has 4 rings (SSSR count). The summed E-state index contributed by atoms with van der Waals surface area (Å²) in [4.78, 5) is 4.12. The van der Waals surface area contributed by atoms with Crippen LogP contribution in [0, 0.1) is 63.7 Å². The molecule has 0 amide bonds. The van der Waals surface area contributed by atoms with E-state index in [0.717, 1.165) is 23.3 Å². The molecule has 0 atom stereocenters. The Morgan fingerprint density at radius 1 is 0.795 bits per heavy atom. The van der Waals surface area contributed by atoms with Crippen molar-refractivity contribution in [3.63, 3.8) is 0 Å². The van der Waals surface area contributed by atoms with Crippen LogP contribution in [-0.2, 0) is 5.41 Å². The van der Waals surface area contributed by atoms with Gasteiger partial charge in [-0.25, -0.2) is 16.8 Å². The number of ether oxygens (including phenoxy) is 1. The predicted molar refractivity (Wildman–Crippen MR) is 194 cm³/mol. The van der Waals surface area contributed by atoms with Crippen LogP contribution >= 0.6 is 0 Å². The minimum absolute atomic E-state index is 0. The molecule has 0 fully saturated rings. The zero-order valence-corrected chi connectivity index (χ0v) is 32.1. The fourth-order valence-corrected chi connectivity index (χ4v) is 9.02. The van der Waals surface area contributed by atoms with Crippen molar-refractivity contribution in [3.8, 4) is 5.75 Å². The van der Waals surface area contributed by atoms with E-state index in [1.165, 1.54) is 38.8 Å². The molecular weight excluding hydrogens is 715 g/mol. The van der Waals surface area contributed by atoms with E-state index in [1.54, 1.807) is 5.20 Å². The number of hydrogen-bond donors (Lipinski definition) is 0. The van der Waals surface area contributed by atoms with Crippen LogP contribution < -0.4 is 19.7 Å². The van der Waals surface area contributed by atoms with E-state index in [-0.39, 0.29) is 42.3 Å². The molecule has 0 bridgehead atoms. The maximum Gasteiger partial charge on any atom is 3.00 e. The first-order valence-corrected chi connectivity index (χ1v) is 18.1. The van der Waals surface area contributed by atoms with E-state index in [0.29, 0.717) is 0 Å². The molecule has 246 valence electrons. The molecule has 0 aliphatic heterocycles. The van der Waals surface area contributed by atoms with Crippen LogP contribution in [0.5, 0.6) is 5.75 Å². The van der Waals surface area contributed by atoms with Gasteiger partial charge in [-0.2, -0.15) is 42.7 Å². The number of methoxy groups -OCH3 is 1. The van der Waals surface area contributed by atoms with Crippen LogP contribution in [0.15, 0.2) is 77.0 Å². The van der Waals surface area contributed by atoms with Gasteiger partial charge in [-0.3, -0.25) is 0 Å². The van der Waals surface area contributed by atoms with Crippen molar-refractivity contribution in [2.75, 3.05) is 45.1 Å². The summed E-state index contributed by atoms with van der Waals surface area (Å²) in [6, 6.07) is 20.8. The van der Waals surface area contributed by atoms with Gasteiger partial charge in [0.1, 0.15) is 5.75 Å². The van der Waals surface area contributed by atoms with E-state index in [9.17, 15) is 0 Å². The molecule has 0 spiro atoms. The summed E-state index contributed by atoms with van der Waals surface area (Å²) in [5.74, 6) is 1.10. The van der Waals surface area contributed by atoms with Crippen LogP contribution in [0.1, 0.15) is 63.3 Å². The third kappa shape index (κ3) is 10.4. The molecule has 3 nitrogen and oxygen atoms in total. The number of rotatable bonds is 5. The van der Waals surface area contributed by atoms with Crippen molar-refractivity contribution in [2.24, 2.45) is 0 Å². The van der Waals surface area contributed by atoms with Gasteiger partial charge in [0.2, 0.25) is 0 Å². The normalized spacial score (nSPS) is 12.6. The van der Waals surface area contributed by atoms with Crippen LogP contribution in [0.4, 0.5) is 11.4 Å². The predicted octanol–water partition coefficient (Wildman–Crippen LogP) is 9.09. The Kier molecular flexibility index (Phi) is 15.2. The Morgan fingerprint density at radius 2 is 1.25 bits per heavy atom. The summed E-state index contributed by atoms with van der Waals surface area (Å²) in [7, 11) is 8.10. The molecule has 3 aromatic carbocycles. The summed E-state index contributed by atoms with van der Waals surface area (Å²) in [6.07, 6.45) is 4.61. The molecule has 0 N–H and O–H groups in total. The van der Waals surface area contributed by atoms with Crippen LogP contribution in [-0.4, -0.2) is 43.4 Å². The third-order valence-corrected chi connectivity index (χ3v) is 11.7. The van der Waals surface area contributed by atoms with E-state index in [2.05, 4.69) is 109 Å². The molecule has 44 heavy (non-hydrogen) atoms. The van der Waals surface area contributed by atoms with Gasteiger partial charge in [-0.1, -0.05) is 107 Å². The van der Waals surface area contributed by atoms with E-state index in [1.807, 2.05) is 71.7 Å². The third-order valence-electron chi connectivity index (χ3n) is 7.92. The van der Waals surface area contributed by atoms with Gasteiger partial charge >= 0.3 is 36.9 Å². The number of anilines is 2. The van der Waals surface area contributed by atoms with Gasteiger partial charge in [0, 0.05) is 8.07 Å². The van der Waals surface area contributed by atoms with Crippen molar-refractivity contribution in [1.29, 1.82) is 0 Å². The molecule has 1 aliphatic rings. The first-order chi connectivity index (χ1) is 19.9. The fourth-order valence-electron chi connectivity index (χ4n) is 5.60. The van der Waals surface area contributed by atoms with Gasteiger partial charge in [0.15, 0.2) is 0 Å². The fraction of sp³-hybridized carbons (Fsp3) is 0.385. The van der Waals surface area contributed by atoms with Crippen molar-refractivity contribution in [1.82, 2.24) is 0 Å². The molecule has 0 radical (unpaired) electrons. The number of nitrogens with zero attached hydrogens (tertiary/aromatic N) is 2. The molecule has 0 saturated heterocycles. The smallest absolute Gasteiger partial charge is 0.497 e. The summed E-state index contributed by atoms with van der Waals surface area (Å²) < 4.78 is 5.95. The first kappa shape index (κ1) is 39.8. The van der Waals surface area contributed by atoms with Gasteiger partial charge < -0.3 is 14.5 Å². The zero-order chi connectivity index (χ0) is 32.7. The van der Waals surface area contributed by atoms with Crippen LogP contribution in [0.2, 0.25) is 13.1 Å². The molecule has 0 aromatic heterocycles. The SMILES string of the molecule is COc1c(C(C)(C)C)cc(C)cc1[Si](C)(C)C1=C(C)[C-]=C(C)C1.[CH2-]c1ccccc1N(C)C.[CH2-]c1ccccc1N(C)C.[Lu+3]. The van der Waals surface area contributed by atoms with E-state index < -0.39 is 8.07 Å². The molecule has 0 unspecified atom stereocenters. The average Bonchev–Trinajstić information content (AvgIpc) is 3.27. The number of allylic oxidation sites excluding steroid dienone is 4. The Morgan fingerprint density at radius 3 is 1.57 bits per heavy atom. The molecule has 5 heteroatoms. The standard InChI is InChI=1S/C21H31OSi.2C9H12N.Lu/c1-14-10-16(3)18(12-14)23(8,9)19-13-15(2)11-17(20(19)22-7)21(4,5)6;2*1-8-6-4-5-7-9(8)10(2)3;/h11,13H,12H2,1-9H3;2*4-7H,1H2,2-3H3;/q3*-1;+3. The van der Waals surface area contributed by atoms with Crippen LogP contribution in [0.3, 0.4) is 0 Å². The minimum Gasteiger partial charge on any atom is -0.497 e. The zero-order valence-electron chi connectivity index (χ0n) is 29.5. The Balaban J connectivity index is 0.000000381. The average molecular weight is 771 g/mol. The number of aryl methyl sites for hydroxylation is 1.